The van der Waals surface area contributed by atoms with E-state index in [0.717, 1.165) is 32.5 Å². The molecule has 1 aromatic rings. The van der Waals surface area contributed by atoms with Gasteiger partial charge in [0.25, 0.3) is 0 Å². The fourth-order valence-electron chi connectivity index (χ4n) is 4.02. The van der Waals surface area contributed by atoms with Gasteiger partial charge in [0, 0.05) is 25.6 Å². The first-order chi connectivity index (χ1) is 13.3. The van der Waals surface area contributed by atoms with E-state index in [4.69, 9.17) is 14.7 Å². The molecule has 3 N–H and O–H groups in total. The van der Waals surface area contributed by atoms with Crippen molar-refractivity contribution in [1.82, 2.24) is 25.1 Å². The third-order valence-electron chi connectivity index (χ3n) is 5.54. The maximum absolute atomic E-state index is 12.5. The maximum Gasteiger partial charge on any atom is 0.418 e. The Hall–Kier alpha value is -1.80. The molecule has 0 aromatic carbocycles. The number of rotatable bonds is 6. The first kappa shape index (κ1) is 19.5. The first-order valence-corrected chi connectivity index (χ1v) is 10.7. The van der Waals surface area contributed by atoms with Crippen LogP contribution in [0.1, 0.15) is 43.5 Å². The van der Waals surface area contributed by atoms with Crippen molar-refractivity contribution < 1.29 is 26.5 Å². The number of carbonyl (C=O) groups is 1. The summed E-state index contributed by atoms with van der Waals surface area (Å²) in [6.07, 6.45) is 3.61. The number of carbonyl (C=O) groups excluding carboxylic acids is 1. The molecule has 0 aliphatic carbocycles. The van der Waals surface area contributed by atoms with Crippen molar-refractivity contribution in [3.05, 3.63) is 11.8 Å². The molecule has 13 heteroatoms. The number of nitrogens with zero attached hydrogens (tertiary/aromatic N) is 5. The highest BCUT2D eigenvalue weighted by Gasteiger charge is 2.49. The molecule has 2 atom stereocenters. The van der Waals surface area contributed by atoms with Gasteiger partial charge < -0.3 is 20.0 Å². The SMILES string of the molecule is NC1CCN(CCc2nnc([C@@H]3CC[C@@H]4CN3C(=O)N4OS(=O)(=O)O)o2)CC1. The van der Waals surface area contributed by atoms with Gasteiger partial charge in [0.1, 0.15) is 6.04 Å². The Morgan fingerprint density at radius 3 is 2.68 bits per heavy atom. The molecule has 2 amide bonds. The molecule has 0 spiro atoms. The van der Waals surface area contributed by atoms with E-state index >= 15 is 0 Å². The molecule has 156 valence electrons. The van der Waals surface area contributed by atoms with E-state index < -0.39 is 28.5 Å². The van der Waals surface area contributed by atoms with E-state index in [2.05, 4.69) is 19.4 Å². The third-order valence-corrected chi connectivity index (χ3v) is 5.89. The topological polar surface area (TPSA) is 155 Å². The molecule has 0 unspecified atom stereocenters. The van der Waals surface area contributed by atoms with Gasteiger partial charge in [-0.05, 0) is 38.8 Å². The summed E-state index contributed by atoms with van der Waals surface area (Å²) in [5.74, 6) is 0.834. The standard InChI is InChI=1S/C15H24N6O6S/c16-10-3-6-19(7-4-10)8-5-13-17-18-14(26-13)12-2-1-11-9-20(12)15(22)21(11)27-28(23,24)25/h10-12H,1-9,16H2,(H,23,24,25)/t11-,12+/m1/s1. The average molecular weight is 416 g/mol. The first-order valence-electron chi connectivity index (χ1n) is 9.37. The number of amides is 2. The minimum absolute atomic E-state index is 0.269. The van der Waals surface area contributed by atoms with Crippen LogP contribution in [0.3, 0.4) is 0 Å². The number of hydrogen-bond acceptors (Lipinski definition) is 9. The Kier molecular flexibility index (Phi) is 5.26. The van der Waals surface area contributed by atoms with Gasteiger partial charge >= 0.3 is 16.4 Å². The Morgan fingerprint density at radius 2 is 1.96 bits per heavy atom. The summed E-state index contributed by atoms with van der Waals surface area (Å²) < 4.78 is 41.0. The van der Waals surface area contributed by atoms with Crippen molar-refractivity contribution >= 4 is 16.4 Å². The lowest BCUT2D eigenvalue weighted by atomic mass is 10.0. The number of piperidine rings is 2. The number of urea groups is 1. The molecule has 1 aromatic heterocycles. The van der Waals surface area contributed by atoms with Crippen LogP contribution in [0.5, 0.6) is 0 Å². The summed E-state index contributed by atoms with van der Waals surface area (Å²) in [6, 6.07) is -1.25. The summed E-state index contributed by atoms with van der Waals surface area (Å²) in [5.41, 5.74) is 5.92. The number of nitrogens with two attached hydrogens (primary N) is 1. The molecule has 3 aliphatic rings. The lowest BCUT2D eigenvalue weighted by Crippen LogP contribution is -2.40. The zero-order chi connectivity index (χ0) is 19.9. The molecule has 12 nitrogen and oxygen atoms in total. The van der Waals surface area contributed by atoms with Crippen LogP contribution in [0.2, 0.25) is 0 Å². The Balaban J connectivity index is 1.37. The summed E-state index contributed by atoms with van der Waals surface area (Å²) in [5, 5.41) is 8.88. The maximum atomic E-state index is 12.5. The fraction of sp³-hybridized carbons (Fsp3) is 0.800. The smallest absolute Gasteiger partial charge is 0.418 e. The minimum Gasteiger partial charge on any atom is -0.423 e. The zero-order valence-corrected chi connectivity index (χ0v) is 16.1. The van der Waals surface area contributed by atoms with Gasteiger partial charge in [0.15, 0.2) is 0 Å². The van der Waals surface area contributed by atoms with Crippen molar-refractivity contribution in [1.29, 1.82) is 0 Å². The van der Waals surface area contributed by atoms with E-state index in [1.54, 1.807) is 0 Å². The summed E-state index contributed by atoms with van der Waals surface area (Å²) in [6.45, 7) is 2.99. The molecular weight excluding hydrogens is 392 g/mol. The normalized spacial score (nSPS) is 27.0. The van der Waals surface area contributed by atoms with Crippen LogP contribution in [0.4, 0.5) is 4.79 Å². The predicted molar refractivity (Wildman–Crippen MR) is 94.0 cm³/mol. The predicted octanol–water partition coefficient (Wildman–Crippen LogP) is -0.289. The van der Waals surface area contributed by atoms with Gasteiger partial charge in [0.05, 0.1) is 6.04 Å². The molecular formula is C15H24N6O6S. The monoisotopic (exact) mass is 416 g/mol. The van der Waals surface area contributed by atoms with E-state index in [1.165, 1.54) is 4.90 Å². The molecule has 0 saturated carbocycles. The Labute approximate surface area is 162 Å². The van der Waals surface area contributed by atoms with Crippen LogP contribution in [0, 0.1) is 0 Å². The van der Waals surface area contributed by atoms with Crippen molar-refractivity contribution in [3.63, 3.8) is 0 Å². The number of fused-ring (bicyclic) bond motifs is 2. The summed E-state index contributed by atoms with van der Waals surface area (Å²) >= 11 is 0. The molecule has 3 fully saturated rings. The second-order valence-electron chi connectivity index (χ2n) is 7.47. The van der Waals surface area contributed by atoms with Gasteiger partial charge in [-0.2, -0.15) is 13.5 Å². The van der Waals surface area contributed by atoms with Crippen LogP contribution in [0.15, 0.2) is 4.42 Å². The highest BCUT2D eigenvalue weighted by Crippen LogP contribution is 2.38. The highest BCUT2D eigenvalue weighted by molar-refractivity contribution is 7.80. The lowest BCUT2D eigenvalue weighted by Gasteiger charge is -2.29. The highest BCUT2D eigenvalue weighted by atomic mass is 32.3. The van der Waals surface area contributed by atoms with Crippen molar-refractivity contribution in [3.8, 4) is 0 Å². The minimum atomic E-state index is -4.76. The molecule has 3 aliphatic heterocycles. The second-order valence-corrected chi connectivity index (χ2v) is 8.48. The number of hydrogen-bond donors (Lipinski definition) is 2. The quantitative estimate of drug-likeness (QED) is 0.591. The summed E-state index contributed by atoms with van der Waals surface area (Å²) in [7, 11) is -4.76. The molecule has 4 rings (SSSR count). The lowest BCUT2D eigenvalue weighted by molar-refractivity contribution is -0.0317. The van der Waals surface area contributed by atoms with Gasteiger partial charge in [-0.3, -0.25) is 4.55 Å². The van der Waals surface area contributed by atoms with Crippen LogP contribution >= 0.6 is 0 Å². The van der Waals surface area contributed by atoms with Crippen molar-refractivity contribution in [2.24, 2.45) is 5.73 Å². The third kappa shape index (κ3) is 4.12. The van der Waals surface area contributed by atoms with Crippen LogP contribution < -0.4 is 5.73 Å². The molecule has 3 saturated heterocycles. The molecule has 4 heterocycles. The average Bonchev–Trinajstić information content (AvgIpc) is 3.20. The number of likely N-dealkylation sites (tertiary alicyclic amines) is 1. The van der Waals surface area contributed by atoms with E-state index in [-0.39, 0.29) is 12.6 Å². The molecule has 0 radical (unpaired) electrons. The van der Waals surface area contributed by atoms with Gasteiger partial charge in [0.2, 0.25) is 11.8 Å². The van der Waals surface area contributed by atoms with E-state index in [9.17, 15) is 13.2 Å². The zero-order valence-electron chi connectivity index (χ0n) is 15.3. The largest absolute Gasteiger partial charge is 0.423 e. The van der Waals surface area contributed by atoms with Crippen molar-refractivity contribution in [2.45, 2.75) is 50.2 Å². The van der Waals surface area contributed by atoms with E-state index in [0.29, 0.717) is 36.1 Å². The van der Waals surface area contributed by atoms with Crippen molar-refractivity contribution in [2.75, 3.05) is 26.2 Å². The Morgan fingerprint density at radius 1 is 1.21 bits per heavy atom. The van der Waals surface area contributed by atoms with Gasteiger partial charge in [-0.1, -0.05) is 0 Å². The van der Waals surface area contributed by atoms with E-state index in [1.807, 2.05) is 0 Å². The van der Waals surface area contributed by atoms with Crippen LogP contribution in [-0.2, 0) is 21.1 Å². The number of hydroxylamine groups is 2. The van der Waals surface area contributed by atoms with Crippen LogP contribution in [-0.4, -0.2) is 82.3 Å². The second kappa shape index (κ2) is 7.55. The van der Waals surface area contributed by atoms with Crippen LogP contribution in [0.25, 0.3) is 0 Å². The van der Waals surface area contributed by atoms with Gasteiger partial charge in [-0.25, -0.2) is 4.79 Å². The van der Waals surface area contributed by atoms with Gasteiger partial charge in [-0.15, -0.1) is 14.5 Å². The molecule has 2 bridgehead atoms. The Bertz CT molecular complexity index is 823. The fourth-order valence-corrected chi connectivity index (χ4v) is 4.41. The number of aromatic nitrogens is 2. The molecule has 28 heavy (non-hydrogen) atoms. The summed E-state index contributed by atoms with van der Waals surface area (Å²) in [4.78, 5) is 16.2.